The molecule has 1 heterocycles. The Balaban J connectivity index is 2.00. The summed E-state index contributed by atoms with van der Waals surface area (Å²) >= 11 is 0. The van der Waals surface area contributed by atoms with Crippen LogP contribution in [-0.4, -0.2) is 4.98 Å². The lowest BCUT2D eigenvalue weighted by molar-refractivity contribution is 0.717. The molecule has 2 aromatic rings. The summed E-state index contributed by atoms with van der Waals surface area (Å²) in [6, 6.07) is 13.9. The maximum absolute atomic E-state index is 8.71. The summed E-state index contributed by atoms with van der Waals surface area (Å²) < 4.78 is 0. The molecule has 21 heavy (non-hydrogen) atoms. The molecule has 0 unspecified atom stereocenters. The van der Waals surface area contributed by atoms with Crippen molar-refractivity contribution in [2.75, 3.05) is 0 Å². The Labute approximate surface area is 126 Å². The zero-order valence-corrected chi connectivity index (χ0v) is 12.3. The number of nitriles is 1. The molecule has 0 saturated carbocycles. The average molecular weight is 274 g/mol. The van der Waals surface area contributed by atoms with Gasteiger partial charge in [0, 0.05) is 11.8 Å². The highest BCUT2D eigenvalue weighted by Crippen LogP contribution is 2.08. The van der Waals surface area contributed by atoms with E-state index in [-0.39, 0.29) is 0 Å². The van der Waals surface area contributed by atoms with E-state index < -0.39 is 0 Å². The van der Waals surface area contributed by atoms with E-state index in [4.69, 9.17) is 5.26 Å². The molecular formula is C19H18N2. The molecule has 1 aromatic heterocycles. The van der Waals surface area contributed by atoms with Crippen molar-refractivity contribution in [1.29, 1.82) is 5.26 Å². The Morgan fingerprint density at radius 1 is 0.952 bits per heavy atom. The molecule has 0 spiro atoms. The predicted octanol–water partition coefficient (Wildman–Crippen LogP) is 4.09. The summed E-state index contributed by atoms with van der Waals surface area (Å²) in [4.78, 5) is 4.14. The van der Waals surface area contributed by atoms with Crippen LogP contribution in [0.4, 0.5) is 0 Å². The number of hydrogen-bond acceptors (Lipinski definition) is 2. The summed E-state index contributed by atoms with van der Waals surface area (Å²) in [5.41, 5.74) is 3.59. The largest absolute Gasteiger partial charge is 0.246 e. The van der Waals surface area contributed by atoms with Crippen LogP contribution in [0.1, 0.15) is 48.6 Å². The molecule has 2 heteroatoms. The minimum absolute atomic E-state index is 0.553. The van der Waals surface area contributed by atoms with E-state index in [1.54, 1.807) is 18.3 Å². The predicted molar refractivity (Wildman–Crippen MR) is 84.6 cm³/mol. The van der Waals surface area contributed by atoms with E-state index in [2.05, 4.69) is 48.0 Å². The Hall–Kier alpha value is -2.58. The van der Waals surface area contributed by atoms with Crippen LogP contribution in [0.3, 0.4) is 0 Å². The molecule has 0 fully saturated rings. The molecule has 0 saturated heterocycles. The quantitative estimate of drug-likeness (QED) is 0.622. The molecule has 2 nitrogen and oxygen atoms in total. The third-order valence-corrected chi connectivity index (χ3v) is 3.25. The van der Waals surface area contributed by atoms with Crippen molar-refractivity contribution in [3.63, 3.8) is 0 Å². The number of aryl methyl sites for hydroxylation is 1. The normalized spacial score (nSPS) is 9.52. The van der Waals surface area contributed by atoms with E-state index in [1.165, 1.54) is 24.8 Å². The molecule has 0 aliphatic rings. The first kappa shape index (κ1) is 14.8. The van der Waals surface area contributed by atoms with Crippen molar-refractivity contribution in [2.45, 2.75) is 32.6 Å². The Bertz CT molecular complexity index is 665. The van der Waals surface area contributed by atoms with Crippen LogP contribution in [0.2, 0.25) is 0 Å². The van der Waals surface area contributed by atoms with Gasteiger partial charge in [0.15, 0.2) is 0 Å². The summed E-state index contributed by atoms with van der Waals surface area (Å²) in [5.74, 6) is 6.11. The summed E-state index contributed by atoms with van der Waals surface area (Å²) in [5, 5.41) is 8.71. The van der Waals surface area contributed by atoms with Gasteiger partial charge in [0.25, 0.3) is 0 Å². The molecule has 1 aromatic carbocycles. The number of nitrogens with zero attached hydrogens (tertiary/aromatic N) is 2. The molecule has 2 rings (SSSR count). The molecule has 0 aliphatic heterocycles. The van der Waals surface area contributed by atoms with Gasteiger partial charge in [-0.3, -0.25) is 0 Å². The maximum Gasteiger partial charge on any atom is 0.113 e. The van der Waals surface area contributed by atoms with Crippen LogP contribution in [0.5, 0.6) is 0 Å². The van der Waals surface area contributed by atoms with Gasteiger partial charge in [-0.05, 0) is 48.6 Å². The summed E-state index contributed by atoms with van der Waals surface area (Å²) in [6.07, 6.45) is 6.46. The molecule has 0 amide bonds. The highest BCUT2D eigenvalue weighted by Gasteiger charge is 1.94. The van der Waals surface area contributed by atoms with Crippen LogP contribution in [0.15, 0.2) is 42.6 Å². The standard InChI is InChI=1S/C19H18N2/c1-2-3-4-5-16-6-8-17(9-7-16)10-12-19-13-11-18(14-20)15-21-19/h6-9,11,13,15H,2-5H2,1H3. The van der Waals surface area contributed by atoms with Gasteiger partial charge < -0.3 is 0 Å². The molecule has 0 bridgehead atoms. The lowest BCUT2D eigenvalue weighted by atomic mass is 10.1. The van der Waals surface area contributed by atoms with E-state index >= 15 is 0 Å². The van der Waals surface area contributed by atoms with Crippen LogP contribution in [-0.2, 0) is 6.42 Å². The number of benzene rings is 1. The first-order valence-electron chi connectivity index (χ1n) is 7.29. The van der Waals surface area contributed by atoms with Crippen LogP contribution in [0, 0.1) is 23.2 Å². The zero-order chi connectivity index (χ0) is 14.9. The molecule has 104 valence electrons. The van der Waals surface area contributed by atoms with Crippen molar-refractivity contribution < 1.29 is 0 Å². The average Bonchev–Trinajstić information content (AvgIpc) is 2.55. The van der Waals surface area contributed by atoms with Gasteiger partial charge in [-0.25, -0.2) is 4.98 Å². The second kappa shape index (κ2) is 7.88. The number of pyridine rings is 1. The van der Waals surface area contributed by atoms with Gasteiger partial charge in [-0.15, -0.1) is 0 Å². The summed E-state index contributed by atoms with van der Waals surface area (Å²) in [6.45, 7) is 2.22. The summed E-state index contributed by atoms with van der Waals surface area (Å²) in [7, 11) is 0. The second-order valence-corrected chi connectivity index (χ2v) is 4.95. The van der Waals surface area contributed by atoms with Crippen molar-refractivity contribution in [3.8, 4) is 17.9 Å². The second-order valence-electron chi connectivity index (χ2n) is 4.95. The minimum atomic E-state index is 0.553. The molecule has 0 aliphatic carbocycles. The van der Waals surface area contributed by atoms with E-state index in [9.17, 15) is 0 Å². The van der Waals surface area contributed by atoms with E-state index in [0.717, 1.165) is 12.0 Å². The van der Waals surface area contributed by atoms with Crippen LogP contribution < -0.4 is 0 Å². The monoisotopic (exact) mass is 274 g/mol. The highest BCUT2D eigenvalue weighted by molar-refractivity contribution is 5.42. The third-order valence-electron chi connectivity index (χ3n) is 3.25. The molecular weight excluding hydrogens is 256 g/mol. The number of aromatic nitrogens is 1. The Morgan fingerprint density at radius 3 is 2.33 bits per heavy atom. The fourth-order valence-corrected chi connectivity index (χ4v) is 2.00. The Kier molecular flexibility index (Phi) is 5.56. The van der Waals surface area contributed by atoms with Gasteiger partial charge in [0.1, 0.15) is 11.8 Å². The SMILES string of the molecule is CCCCCc1ccc(C#Cc2ccc(C#N)cn2)cc1. The van der Waals surface area contributed by atoms with Crippen LogP contribution in [0.25, 0.3) is 0 Å². The fraction of sp³-hybridized carbons (Fsp3) is 0.263. The molecule has 0 atom stereocenters. The maximum atomic E-state index is 8.71. The minimum Gasteiger partial charge on any atom is -0.246 e. The zero-order valence-electron chi connectivity index (χ0n) is 12.3. The fourth-order valence-electron chi connectivity index (χ4n) is 2.00. The highest BCUT2D eigenvalue weighted by atomic mass is 14.7. The number of hydrogen-bond donors (Lipinski definition) is 0. The van der Waals surface area contributed by atoms with Gasteiger partial charge in [-0.1, -0.05) is 37.8 Å². The third kappa shape index (κ3) is 4.79. The smallest absolute Gasteiger partial charge is 0.113 e. The lowest BCUT2D eigenvalue weighted by Crippen LogP contribution is -1.86. The van der Waals surface area contributed by atoms with Gasteiger partial charge in [0.2, 0.25) is 0 Å². The van der Waals surface area contributed by atoms with Crippen molar-refractivity contribution >= 4 is 0 Å². The number of unbranched alkanes of at least 4 members (excludes halogenated alkanes) is 2. The van der Waals surface area contributed by atoms with E-state index in [1.807, 2.05) is 6.07 Å². The topological polar surface area (TPSA) is 36.7 Å². The van der Waals surface area contributed by atoms with Gasteiger partial charge in [-0.2, -0.15) is 5.26 Å². The number of rotatable bonds is 4. The van der Waals surface area contributed by atoms with E-state index in [0.29, 0.717) is 11.3 Å². The van der Waals surface area contributed by atoms with Gasteiger partial charge >= 0.3 is 0 Å². The molecule has 0 N–H and O–H groups in total. The Morgan fingerprint density at radius 2 is 1.71 bits per heavy atom. The van der Waals surface area contributed by atoms with Crippen molar-refractivity contribution in [1.82, 2.24) is 4.98 Å². The van der Waals surface area contributed by atoms with Crippen molar-refractivity contribution in [3.05, 3.63) is 65.0 Å². The first-order valence-corrected chi connectivity index (χ1v) is 7.29. The molecule has 0 radical (unpaired) electrons. The first-order chi connectivity index (χ1) is 10.3. The van der Waals surface area contributed by atoms with Crippen molar-refractivity contribution in [2.24, 2.45) is 0 Å². The van der Waals surface area contributed by atoms with Crippen LogP contribution >= 0.6 is 0 Å². The van der Waals surface area contributed by atoms with Gasteiger partial charge in [0.05, 0.1) is 5.56 Å². The lowest BCUT2D eigenvalue weighted by Gasteiger charge is -2.00.